The van der Waals surface area contributed by atoms with Gasteiger partial charge in [-0.2, -0.15) is 5.10 Å². The molecule has 0 spiro atoms. The molecule has 2 aromatic heterocycles. The number of fused-ring (bicyclic) bond motifs is 3. The Morgan fingerprint density at radius 2 is 2.12 bits per heavy atom. The third-order valence-corrected chi connectivity index (χ3v) is 4.80. The van der Waals surface area contributed by atoms with E-state index in [1.54, 1.807) is 16.8 Å². The van der Waals surface area contributed by atoms with Gasteiger partial charge in [-0.3, -0.25) is 9.59 Å². The largest absolute Gasteiger partial charge is 0.338 e. The minimum atomic E-state index is -0.197. The van der Waals surface area contributed by atoms with Crippen molar-refractivity contribution in [1.29, 1.82) is 0 Å². The first-order valence-electron chi connectivity index (χ1n) is 8.43. The highest BCUT2D eigenvalue weighted by molar-refractivity contribution is 6.00. The average molecular weight is 324 g/mol. The fourth-order valence-corrected chi connectivity index (χ4v) is 3.54. The van der Waals surface area contributed by atoms with Crippen LogP contribution in [0.1, 0.15) is 36.5 Å². The molecule has 6 heteroatoms. The molecule has 24 heavy (non-hydrogen) atoms. The Kier molecular flexibility index (Phi) is 3.59. The van der Waals surface area contributed by atoms with Crippen molar-refractivity contribution < 1.29 is 4.79 Å². The minimum absolute atomic E-state index is 0.0512. The van der Waals surface area contributed by atoms with Crippen molar-refractivity contribution in [3.8, 4) is 0 Å². The molecule has 0 aliphatic carbocycles. The standard InChI is InChI=1S/C18H20N4O2/c1-12-6-4-5-9-21(11-12)18(24)14-10-19-22-15-8-3-2-7-13(15)17(23)20-16(14)22/h2-3,7-8,10,12H,4-6,9,11H2,1H3,(H,20,23). The molecule has 1 aliphatic heterocycles. The quantitative estimate of drug-likeness (QED) is 0.747. The Morgan fingerprint density at radius 3 is 3.00 bits per heavy atom. The summed E-state index contributed by atoms with van der Waals surface area (Å²) in [7, 11) is 0. The van der Waals surface area contributed by atoms with Crippen LogP contribution in [0.2, 0.25) is 0 Å². The molecule has 1 unspecified atom stereocenters. The number of hydrogen-bond acceptors (Lipinski definition) is 3. The van der Waals surface area contributed by atoms with Crippen LogP contribution in [-0.2, 0) is 0 Å². The van der Waals surface area contributed by atoms with E-state index in [0.717, 1.165) is 32.4 Å². The number of carbonyl (C=O) groups excluding carboxylic acids is 1. The van der Waals surface area contributed by atoms with E-state index in [1.165, 1.54) is 0 Å². The summed E-state index contributed by atoms with van der Waals surface area (Å²) >= 11 is 0. The highest BCUT2D eigenvalue weighted by Crippen LogP contribution is 2.20. The van der Waals surface area contributed by atoms with Gasteiger partial charge in [-0.15, -0.1) is 0 Å². The third-order valence-electron chi connectivity index (χ3n) is 4.80. The molecule has 1 aromatic carbocycles. The monoisotopic (exact) mass is 324 g/mol. The molecule has 1 amide bonds. The Bertz CT molecular complexity index is 972. The van der Waals surface area contributed by atoms with Crippen LogP contribution in [0, 0.1) is 5.92 Å². The van der Waals surface area contributed by atoms with E-state index in [9.17, 15) is 9.59 Å². The number of aromatic nitrogens is 3. The Morgan fingerprint density at radius 1 is 1.29 bits per heavy atom. The lowest BCUT2D eigenvalue weighted by atomic mass is 10.1. The fraction of sp³-hybridized carbons (Fsp3) is 0.389. The van der Waals surface area contributed by atoms with Crippen LogP contribution >= 0.6 is 0 Å². The van der Waals surface area contributed by atoms with Crippen LogP contribution in [0.15, 0.2) is 35.3 Å². The van der Waals surface area contributed by atoms with Gasteiger partial charge in [0.05, 0.1) is 17.1 Å². The summed E-state index contributed by atoms with van der Waals surface area (Å²) in [5.41, 5.74) is 1.45. The molecule has 6 nitrogen and oxygen atoms in total. The lowest BCUT2D eigenvalue weighted by molar-refractivity contribution is 0.0746. The van der Waals surface area contributed by atoms with Crippen LogP contribution < -0.4 is 5.56 Å². The van der Waals surface area contributed by atoms with Gasteiger partial charge in [0.25, 0.3) is 11.5 Å². The first-order chi connectivity index (χ1) is 11.6. The number of H-pyrrole nitrogens is 1. The van der Waals surface area contributed by atoms with Crippen molar-refractivity contribution in [2.24, 2.45) is 5.92 Å². The zero-order chi connectivity index (χ0) is 16.7. The molecular formula is C18H20N4O2. The molecule has 1 saturated heterocycles. The molecule has 4 rings (SSSR count). The fourth-order valence-electron chi connectivity index (χ4n) is 3.54. The molecule has 3 heterocycles. The zero-order valence-corrected chi connectivity index (χ0v) is 13.7. The van der Waals surface area contributed by atoms with E-state index < -0.39 is 0 Å². The van der Waals surface area contributed by atoms with Gasteiger partial charge in [0, 0.05) is 13.1 Å². The number of amides is 1. The Labute approximate surface area is 139 Å². The van der Waals surface area contributed by atoms with Crippen LogP contribution in [0.25, 0.3) is 16.6 Å². The molecule has 1 fully saturated rings. The van der Waals surface area contributed by atoms with Crippen molar-refractivity contribution >= 4 is 22.5 Å². The van der Waals surface area contributed by atoms with Gasteiger partial charge in [0.1, 0.15) is 11.2 Å². The number of aromatic amines is 1. The predicted molar refractivity (Wildman–Crippen MR) is 92.2 cm³/mol. The summed E-state index contributed by atoms with van der Waals surface area (Å²) in [6, 6.07) is 7.28. The number of nitrogens with one attached hydrogen (secondary N) is 1. The Hall–Kier alpha value is -2.63. The van der Waals surface area contributed by atoms with Crippen molar-refractivity contribution in [3.63, 3.8) is 0 Å². The van der Waals surface area contributed by atoms with Crippen molar-refractivity contribution in [2.75, 3.05) is 13.1 Å². The van der Waals surface area contributed by atoms with Crippen LogP contribution in [-0.4, -0.2) is 38.5 Å². The summed E-state index contributed by atoms with van der Waals surface area (Å²) in [5, 5.41) is 4.91. The SMILES string of the molecule is CC1CCCCN(C(=O)c2cnn3c2[nH]c(=O)c2ccccc23)C1. The second kappa shape index (κ2) is 5.78. The van der Waals surface area contributed by atoms with Gasteiger partial charge in [0.15, 0.2) is 0 Å². The molecule has 1 aliphatic rings. The van der Waals surface area contributed by atoms with Crippen molar-refractivity contribution in [1.82, 2.24) is 19.5 Å². The number of hydrogen-bond donors (Lipinski definition) is 1. The van der Waals surface area contributed by atoms with Gasteiger partial charge in [-0.25, -0.2) is 4.52 Å². The van der Waals surface area contributed by atoms with E-state index in [-0.39, 0.29) is 11.5 Å². The highest BCUT2D eigenvalue weighted by atomic mass is 16.2. The number of benzene rings is 1. The van der Waals surface area contributed by atoms with Gasteiger partial charge < -0.3 is 9.88 Å². The first kappa shape index (κ1) is 14.9. The molecule has 124 valence electrons. The minimum Gasteiger partial charge on any atom is -0.338 e. The highest BCUT2D eigenvalue weighted by Gasteiger charge is 2.24. The zero-order valence-electron chi connectivity index (χ0n) is 13.7. The maximum atomic E-state index is 13.0. The van der Waals surface area contributed by atoms with Crippen LogP contribution in [0.5, 0.6) is 0 Å². The molecule has 0 saturated carbocycles. The van der Waals surface area contributed by atoms with Gasteiger partial charge >= 0.3 is 0 Å². The van der Waals surface area contributed by atoms with E-state index in [2.05, 4.69) is 17.0 Å². The second-order valence-corrected chi connectivity index (χ2v) is 6.64. The average Bonchev–Trinajstić information content (AvgIpc) is 2.88. The second-order valence-electron chi connectivity index (χ2n) is 6.64. The van der Waals surface area contributed by atoms with Gasteiger partial charge in [0.2, 0.25) is 0 Å². The van der Waals surface area contributed by atoms with E-state index in [4.69, 9.17) is 0 Å². The maximum Gasteiger partial charge on any atom is 0.259 e. The third kappa shape index (κ3) is 2.38. The van der Waals surface area contributed by atoms with Crippen molar-refractivity contribution in [2.45, 2.75) is 26.2 Å². The van der Waals surface area contributed by atoms with Gasteiger partial charge in [-0.1, -0.05) is 25.5 Å². The summed E-state index contributed by atoms with van der Waals surface area (Å²) in [6.07, 6.45) is 4.89. The lowest BCUT2D eigenvalue weighted by Crippen LogP contribution is -2.34. The first-order valence-corrected chi connectivity index (χ1v) is 8.43. The molecule has 0 bridgehead atoms. The number of likely N-dealkylation sites (tertiary alicyclic amines) is 1. The normalized spacial score (nSPS) is 18.9. The molecule has 3 aromatic rings. The summed E-state index contributed by atoms with van der Waals surface area (Å²) in [4.78, 5) is 30.0. The summed E-state index contributed by atoms with van der Waals surface area (Å²) in [5.74, 6) is 0.447. The van der Waals surface area contributed by atoms with Crippen LogP contribution in [0.4, 0.5) is 0 Å². The number of rotatable bonds is 1. The molecule has 1 N–H and O–H groups in total. The number of para-hydroxylation sites is 1. The van der Waals surface area contributed by atoms with Crippen molar-refractivity contribution in [3.05, 3.63) is 46.4 Å². The maximum absolute atomic E-state index is 13.0. The topological polar surface area (TPSA) is 70.5 Å². The predicted octanol–water partition coefficient (Wildman–Crippen LogP) is 2.44. The number of nitrogens with zero attached hydrogens (tertiary/aromatic N) is 3. The summed E-state index contributed by atoms with van der Waals surface area (Å²) in [6.45, 7) is 3.70. The summed E-state index contributed by atoms with van der Waals surface area (Å²) < 4.78 is 1.64. The Balaban J connectivity index is 1.82. The van der Waals surface area contributed by atoms with Crippen LogP contribution in [0.3, 0.4) is 0 Å². The molecular weight excluding hydrogens is 304 g/mol. The molecule has 1 atom stereocenters. The van der Waals surface area contributed by atoms with E-state index in [1.807, 2.05) is 23.1 Å². The lowest BCUT2D eigenvalue weighted by Gasteiger charge is -2.22. The smallest absolute Gasteiger partial charge is 0.259 e. The van der Waals surface area contributed by atoms with E-state index >= 15 is 0 Å². The van der Waals surface area contributed by atoms with E-state index in [0.29, 0.717) is 28.0 Å². The van der Waals surface area contributed by atoms with Gasteiger partial charge in [-0.05, 0) is 30.9 Å². The molecule has 0 radical (unpaired) electrons. The number of carbonyl (C=O) groups is 1.